The Morgan fingerprint density at radius 2 is 2.46 bits per heavy atom. The van der Waals surface area contributed by atoms with Crippen LogP contribution in [0.1, 0.15) is 25.3 Å². The highest BCUT2D eigenvalue weighted by Crippen LogP contribution is 1.99. The summed E-state index contributed by atoms with van der Waals surface area (Å²) in [5.74, 6) is 0. The highest BCUT2D eigenvalue weighted by molar-refractivity contribution is 6.06. The minimum absolute atomic E-state index is 0.529. The molecule has 0 aliphatic rings. The minimum atomic E-state index is 0.529. The predicted octanol–water partition coefficient (Wildman–Crippen LogP) is 2.81. The maximum Gasteiger partial charge on any atom is 0.0624 e. The Morgan fingerprint density at radius 1 is 1.62 bits per heavy atom. The fourth-order valence-corrected chi connectivity index (χ4v) is 0.986. The molecule has 0 atom stereocenters. The zero-order valence-electron chi connectivity index (χ0n) is 7.83. The van der Waals surface area contributed by atoms with E-state index in [9.17, 15) is 0 Å². The first-order valence-electron chi connectivity index (χ1n) is 4.50. The molecule has 1 aromatic rings. The summed E-state index contributed by atoms with van der Waals surface area (Å²) >= 11 is 0. The van der Waals surface area contributed by atoms with Crippen LogP contribution in [0.2, 0.25) is 0 Å². The Hall–Kier alpha value is -1.44. The molecule has 1 heterocycles. The SMILES string of the molecule is CCC/C=C\C(=N)c1cccnc1. The molecular weight excluding hydrogens is 160 g/mol. The molecule has 0 amide bonds. The molecule has 0 radical (unpaired) electrons. The summed E-state index contributed by atoms with van der Waals surface area (Å²) in [6, 6.07) is 3.74. The summed E-state index contributed by atoms with van der Waals surface area (Å²) in [7, 11) is 0. The van der Waals surface area contributed by atoms with Crippen LogP contribution in [-0.2, 0) is 0 Å². The van der Waals surface area contributed by atoms with Gasteiger partial charge < -0.3 is 5.41 Å². The maximum absolute atomic E-state index is 7.68. The van der Waals surface area contributed by atoms with Crippen LogP contribution in [0.3, 0.4) is 0 Å². The molecule has 0 saturated heterocycles. The number of rotatable bonds is 4. The first-order chi connectivity index (χ1) is 6.34. The molecule has 2 heteroatoms. The number of hydrogen-bond donors (Lipinski definition) is 1. The summed E-state index contributed by atoms with van der Waals surface area (Å²) in [5.41, 5.74) is 1.40. The van der Waals surface area contributed by atoms with Crippen molar-refractivity contribution >= 4 is 5.71 Å². The van der Waals surface area contributed by atoms with Crippen LogP contribution in [0.25, 0.3) is 0 Å². The minimum Gasteiger partial charge on any atom is -0.300 e. The van der Waals surface area contributed by atoms with E-state index in [0.29, 0.717) is 5.71 Å². The van der Waals surface area contributed by atoms with Crippen LogP contribution in [-0.4, -0.2) is 10.7 Å². The maximum atomic E-state index is 7.68. The second-order valence-electron chi connectivity index (χ2n) is 2.85. The van der Waals surface area contributed by atoms with Gasteiger partial charge in [-0.15, -0.1) is 0 Å². The van der Waals surface area contributed by atoms with Gasteiger partial charge >= 0.3 is 0 Å². The van der Waals surface area contributed by atoms with Crippen molar-refractivity contribution in [1.82, 2.24) is 4.98 Å². The number of nitrogens with one attached hydrogen (secondary N) is 1. The van der Waals surface area contributed by atoms with E-state index in [0.717, 1.165) is 18.4 Å². The molecular formula is C11H14N2. The van der Waals surface area contributed by atoms with E-state index in [1.165, 1.54) is 0 Å². The zero-order valence-corrected chi connectivity index (χ0v) is 7.83. The van der Waals surface area contributed by atoms with Crippen molar-refractivity contribution in [3.63, 3.8) is 0 Å². The molecule has 0 unspecified atom stereocenters. The zero-order chi connectivity index (χ0) is 9.52. The molecule has 1 N–H and O–H groups in total. The van der Waals surface area contributed by atoms with Gasteiger partial charge in [0.05, 0.1) is 5.71 Å². The third kappa shape index (κ3) is 3.20. The van der Waals surface area contributed by atoms with Crippen molar-refractivity contribution in [2.24, 2.45) is 0 Å². The number of aromatic nitrogens is 1. The summed E-state index contributed by atoms with van der Waals surface area (Å²) in [6.07, 6.45) is 9.43. The van der Waals surface area contributed by atoms with Crippen LogP contribution in [0, 0.1) is 5.41 Å². The van der Waals surface area contributed by atoms with Gasteiger partial charge in [-0.2, -0.15) is 0 Å². The average Bonchev–Trinajstić information content (AvgIpc) is 2.19. The molecule has 0 aromatic carbocycles. The first kappa shape index (κ1) is 9.65. The van der Waals surface area contributed by atoms with E-state index in [1.807, 2.05) is 24.3 Å². The van der Waals surface area contributed by atoms with Gasteiger partial charge in [0.1, 0.15) is 0 Å². The molecule has 0 spiro atoms. The molecule has 13 heavy (non-hydrogen) atoms. The van der Waals surface area contributed by atoms with Gasteiger partial charge in [0.15, 0.2) is 0 Å². The van der Waals surface area contributed by atoms with Crippen molar-refractivity contribution in [2.45, 2.75) is 19.8 Å². The number of hydrogen-bond acceptors (Lipinski definition) is 2. The van der Waals surface area contributed by atoms with Gasteiger partial charge in [0.25, 0.3) is 0 Å². The molecule has 1 rings (SSSR count). The molecule has 0 saturated carbocycles. The second-order valence-corrected chi connectivity index (χ2v) is 2.85. The van der Waals surface area contributed by atoms with E-state index >= 15 is 0 Å². The monoisotopic (exact) mass is 174 g/mol. The Labute approximate surface area is 78.8 Å². The van der Waals surface area contributed by atoms with Crippen molar-refractivity contribution in [2.75, 3.05) is 0 Å². The smallest absolute Gasteiger partial charge is 0.0624 e. The van der Waals surface area contributed by atoms with Crippen LogP contribution in [0.15, 0.2) is 36.7 Å². The largest absolute Gasteiger partial charge is 0.300 e. The Kier molecular flexibility index (Phi) is 3.89. The Bertz CT molecular complexity index is 288. The van der Waals surface area contributed by atoms with Crippen LogP contribution in [0.5, 0.6) is 0 Å². The van der Waals surface area contributed by atoms with Crippen LogP contribution < -0.4 is 0 Å². The number of allylic oxidation sites excluding steroid dienone is 2. The van der Waals surface area contributed by atoms with E-state index < -0.39 is 0 Å². The van der Waals surface area contributed by atoms with Crippen molar-refractivity contribution < 1.29 is 0 Å². The number of pyridine rings is 1. The lowest BCUT2D eigenvalue weighted by molar-refractivity contribution is 0.959. The summed E-state index contributed by atoms with van der Waals surface area (Å²) < 4.78 is 0. The van der Waals surface area contributed by atoms with Gasteiger partial charge in [0.2, 0.25) is 0 Å². The van der Waals surface area contributed by atoms with Crippen LogP contribution in [0.4, 0.5) is 0 Å². The number of nitrogens with zero attached hydrogens (tertiary/aromatic N) is 1. The molecule has 2 nitrogen and oxygen atoms in total. The third-order valence-electron chi connectivity index (χ3n) is 1.71. The fourth-order valence-electron chi connectivity index (χ4n) is 0.986. The average molecular weight is 174 g/mol. The lowest BCUT2D eigenvalue weighted by Gasteiger charge is -1.95. The molecule has 0 aliphatic heterocycles. The van der Waals surface area contributed by atoms with Crippen LogP contribution >= 0.6 is 0 Å². The summed E-state index contributed by atoms with van der Waals surface area (Å²) in [4.78, 5) is 3.96. The molecule has 1 aromatic heterocycles. The standard InChI is InChI=1S/C11H14N2/c1-2-3-4-7-11(12)10-6-5-8-13-9-10/h4-9,12H,2-3H2,1H3/b7-4-,12-11?. The highest BCUT2D eigenvalue weighted by Gasteiger charge is 1.94. The van der Waals surface area contributed by atoms with Gasteiger partial charge in [-0.3, -0.25) is 4.98 Å². The van der Waals surface area contributed by atoms with Crippen molar-refractivity contribution in [3.8, 4) is 0 Å². The van der Waals surface area contributed by atoms with Gasteiger partial charge in [0, 0.05) is 18.0 Å². The van der Waals surface area contributed by atoms with Crippen molar-refractivity contribution in [3.05, 3.63) is 42.2 Å². The Balaban J connectivity index is 2.59. The first-order valence-corrected chi connectivity index (χ1v) is 4.50. The van der Waals surface area contributed by atoms with E-state index in [1.54, 1.807) is 12.4 Å². The predicted molar refractivity (Wildman–Crippen MR) is 55.1 cm³/mol. The second kappa shape index (κ2) is 5.25. The fraction of sp³-hybridized carbons (Fsp3) is 0.273. The molecule has 0 fully saturated rings. The van der Waals surface area contributed by atoms with Gasteiger partial charge in [-0.25, -0.2) is 0 Å². The van der Waals surface area contributed by atoms with Gasteiger partial charge in [-0.05, 0) is 24.6 Å². The van der Waals surface area contributed by atoms with E-state index in [4.69, 9.17) is 5.41 Å². The molecule has 0 aliphatic carbocycles. The molecule has 68 valence electrons. The third-order valence-corrected chi connectivity index (χ3v) is 1.71. The van der Waals surface area contributed by atoms with E-state index in [2.05, 4.69) is 11.9 Å². The number of unbranched alkanes of at least 4 members (excludes halogenated alkanes) is 1. The van der Waals surface area contributed by atoms with Gasteiger partial charge in [-0.1, -0.05) is 19.4 Å². The summed E-state index contributed by atoms with van der Waals surface area (Å²) in [6.45, 7) is 2.12. The lowest BCUT2D eigenvalue weighted by Crippen LogP contribution is -1.93. The normalized spacial score (nSPS) is 10.5. The lowest BCUT2D eigenvalue weighted by atomic mass is 10.1. The molecule has 0 bridgehead atoms. The topological polar surface area (TPSA) is 36.7 Å². The van der Waals surface area contributed by atoms with E-state index in [-0.39, 0.29) is 0 Å². The quantitative estimate of drug-likeness (QED) is 0.700. The summed E-state index contributed by atoms with van der Waals surface area (Å²) in [5, 5.41) is 7.68. The highest BCUT2D eigenvalue weighted by atomic mass is 14.6. The van der Waals surface area contributed by atoms with Crippen molar-refractivity contribution in [1.29, 1.82) is 5.41 Å². The Morgan fingerprint density at radius 3 is 3.08 bits per heavy atom.